The van der Waals surface area contributed by atoms with Gasteiger partial charge in [-0.25, -0.2) is 0 Å². The van der Waals surface area contributed by atoms with Crippen LogP contribution in [0.1, 0.15) is 16.7 Å². The molecule has 1 aromatic rings. The molecule has 0 atom stereocenters. The minimum atomic E-state index is -3.32. The van der Waals surface area contributed by atoms with Gasteiger partial charge in [-0.3, -0.25) is 0 Å². The van der Waals surface area contributed by atoms with Gasteiger partial charge in [0.2, 0.25) is 0 Å². The molecule has 4 heteroatoms. The van der Waals surface area contributed by atoms with E-state index < -0.39 is 8.77 Å². The van der Waals surface area contributed by atoms with Gasteiger partial charge in [0.05, 0.1) is 0 Å². The van der Waals surface area contributed by atoms with Gasteiger partial charge in [-0.2, -0.15) is 0 Å². The van der Waals surface area contributed by atoms with E-state index in [9.17, 15) is 8.39 Å². The number of hydrogen-bond acceptors (Lipinski definition) is 1. The molecule has 72 valence electrons. The first-order valence-electron chi connectivity index (χ1n) is 3.88. The normalized spacial score (nSPS) is 10.6. The lowest BCUT2D eigenvalue weighted by atomic mass is 10.1. The van der Waals surface area contributed by atoms with Crippen molar-refractivity contribution < 1.29 is 12.9 Å². The summed E-state index contributed by atoms with van der Waals surface area (Å²) >= 11 is 0. The van der Waals surface area contributed by atoms with Crippen LogP contribution in [0.25, 0.3) is 0 Å². The molecule has 1 nitrogen and oxygen atoms in total. The molecule has 0 spiro atoms. The molecule has 1 rings (SSSR count). The summed E-state index contributed by atoms with van der Waals surface area (Å²) in [6.45, 7) is 5.47. The van der Waals surface area contributed by atoms with Crippen molar-refractivity contribution in [3.8, 4) is 5.75 Å². The molecule has 0 saturated heterocycles. The molecule has 0 amide bonds. The van der Waals surface area contributed by atoms with E-state index in [1.165, 1.54) is 0 Å². The molecule has 0 heterocycles. The maximum absolute atomic E-state index is 12.0. The lowest BCUT2D eigenvalue weighted by molar-refractivity contribution is 0.501. The summed E-state index contributed by atoms with van der Waals surface area (Å²) in [6, 6.07) is 3.67. The van der Waals surface area contributed by atoms with E-state index >= 15 is 0 Å². The fourth-order valence-corrected chi connectivity index (χ4v) is 1.81. The number of aryl methyl sites for hydroxylation is 3. The summed E-state index contributed by atoms with van der Waals surface area (Å²) in [5, 5.41) is 0. The van der Waals surface area contributed by atoms with Crippen molar-refractivity contribution in [2.24, 2.45) is 0 Å². The highest BCUT2D eigenvalue weighted by molar-refractivity contribution is 7.41. The van der Waals surface area contributed by atoms with E-state index in [0.717, 1.165) is 16.7 Å². The number of rotatable bonds is 2. The van der Waals surface area contributed by atoms with Crippen molar-refractivity contribution in [3.63, 3.8) is 0 Å². The van der Waals surface area contributed by atoms with Gasteiger partial charge in [0, 0.05) is 0 Å². The molecule has 0 bridgehead atoms. The third-order valence-electron chi connectivity index (χ3n) is 1.76. The van der Waals surface area contributed by atoms with Gasteiger partial charge in [0.15, 0.2) is 0 Å². The predicted molar refractivity (Wildman–Crippen MR) is 50.4 cm³/mol. The lowest BCUT2D eigenvalue weighted by Crippen LogP contribution is -1.89. The summed E-state index contributed by atoms with van der Waals surface area (Å²) in [4.78, 5) is 0. The molecule has 0 saturated carbocycles. The van der Waals surface area contributed by atoms with Gasteiger partial charge < -0.3 is 4.52 Å². The minimum absolute atomic E-state index is 0.321. The molecule has 0 aliphatic rings. The quantitative estimate of drug-likeness (QED) is 0.657. The number of hydrogen-bond donors (Lipinski definition) is 0. The molecule has 0 aliphatic carbocycles. The summed E-state index contributed by atoms with van der Waals surface area (Å²) in [5.41, 5.74) is 2.59. The molecular weight excluding hydrogens is 193 g/mol. The first-order chi connectivity index (χ1) is 6.00. The van der Waals surface area contributed by atoms with Crippen LogP contribution in [0.2, 0.25) is 0 Å². The Hall–Kier alpha value is -0.690. The highest BCUT2D eigenvalue weighted by Crippen LogP contribution is 2.43. The Bertz CT molecular complexity index is 289. The molecule has 13 heavy (non-hydrogen) atoms. The second kappa shape index (κ2) is 4.01. The lowest BCUT2D eigenvalue weighted by Gasteiger charge is -2.10. The van der Waals surface area contributed by atoms with Gasteiger partial charge in [-0.05, 0) is 31.9 Å². The van der Waals surface area contributed by atoms with E-state index in [1.807, 2.05) is 19.1 Å². The second-order valence-corrected chi connectivity index (χ2v) is 3.61. The van der Waals surface area contributed by atoms with E-state index in [-0.39, 0.29) is 0 Å². The first kappa shape index (κ1) is 10.4. The van der Waals surface area contributed by atoms with Crippen molar-refractivity contribution in [1.82, 2.24) is 0 Å². The molecule has 0 N–H and O–H groups in total. The SMILES string of the molecule is Cc1cc(C)c(OP(F)F)c(C)c1. The van der Waals surface area contributed by atoms with Gasteiger partial charge in [0.25, 0.3) is 0 Å². The van der Waals surface area contributed by atoms with Gasteiger partial charge in [-0.15, -0.1) is 8.39 Å². The Balaban J connectivity index is 3.06. The smallest absolute Gasteiger partial charge is 0.420 e. The fraction of sp³-hybridized carbons (Fsp3) is 0.333. The van der Waals surface area contributed by atoms with Crippen LogP contribution in [-0.2, 0) is 0 Å². The van der Waals surface area contributed by atoms with Crippen LogP contribution < -0.4 is 4.52 Å². The minimum Gasteiger partial charge on any atom is -0.420 e. The van der Waals surface area contributed by atoms with Crippen LogP contribution in [0.4, 0.5) is 8.39 Å². The maximum atomic E-state index is 12.0. The molecule has 0 radical (unpaired) electrons. The van der Waals surface area contributed by atoms with E-state index in [1.54, 1.807) is 13.8 Å². The van der Waals surface area contributed by atoms with Crippen LogP contribution in [-0.4, -0.2) is 0 Å². The average Bonchev–Trinajstić information content (AvgIpc) is 1.96. The van der Waals surface area contributed by atoms with Crippen LogP contribution in [0.5, 0.6) is 5.75 Å². The Morgan fingerprint density at radius 1 is 1.08 bits per heavy atom. The number of halogens is 2. The fourth-order valence-electron chi connectivity index (χ4n) is 1.38. The largest absolute Gasteiger partial charge is 0.481 e. The number of benzene rings is 1. The van der Waals surface area contributed by atoms with Crippen molar-refractivity contribution in [3.05, 3.63) is 28.8 Å². The van der Waals surface area contributed by atoms with Crippen LogP contribution >= 0.6 is 8.77 Å². The van der Waals surface area contributed by atoms with Crippen molar-refractivity contribution >= 4 is 8.77 Å². The monoisotopic (exact) mass is 204 g/mol. The molecule has 0 unspecified atom stereocenters. The molecular formula is C9H11F2OP. The standard InChI is InChI=1S/C9H11F2OP/c1-6-4-7(2)9(8(3)5-6)12-13(10)11/h4-5H,1-3H3. The molecule has 1 aromatic carbocycles. The summed E-state index contributed by atoms with van der Waals surface area (Å²) in [7, 11) is -3.32. The van der Waals surface area contributed by atoms with Crippen LogP contribution in [0.15, 0.2) is 12.1 Å². The summed E-state index contributed by atoms with van der Waals surface area (Å²) < 4.78 is 28.5. The van der Waals surface area contributed by atoms with Crippen LogP contribution in [0.3, 0.4) is 0 Å². The van der Waals surface area contributed by atoms with Gasteiger partial charge >= 0.3 is 8.77 Å². The Labute approximate surface area is 77.8 Å². The average molecular weight is 204 g/mol. The summed E-state index contributed by atoms with van der Waals surface area (Å²) in [6.07, 6.45) is 0. The van der Waals surface area contributed by atoms with Gasteiger partial charge in [0.1, 0.15) is 5.75 Å². The van der Waals surface area contributed by atoms with E-state index in [4.69, 9.17) is 0 Å². The van der Waals surface area contributed by atoms with Crippen molar-refractivity contribution in [2.75, 3.05) is 0 Å². The Morgan fingerprint density at radius 2 is 1.54 bits per heavy atom. The van der Waals surface area contributed by atoms with Crippen molar-refractivity contribution in [1.29, 1.82) is 0 Å². The summed E-state index contributed by atoms with van der Waals surface area (Å²) in [5.74, 6) is 0.321. The van der Waals surface area contributed by atoms with E-state index in [2.05, 4.69) is 4.52 Å². The zero-order valence-electron chi connectivity index (χ0n) is 7.77. The first-order valence-corrected chi connectivity index (χ1v) is 4.92. The second-order valence-electron chi connectivity index (χ2n) is 3.02. The molecule has 0 aromatic heterocycles. The third kappa shape index (κ3) is 2.63. The van der Waals surface area contributed by atoms with E-state index in [0.29, 0.717) is 5.75 Å². The van der Waals surface area contributed by atoms with Crippen LogP contribution in [0, 0.1) is 20.8 Å². The maximum Gasteiger partial charge on any atom is 0.481 e. The third-order valence-corrected chi connectivity index (χ3v) is 2.09. The Morgan fingerprint density at radius 3 is 1.92 bits per heavy atom. The predicted octanol–water partition coefficient (Wildman–Crippen LogP) is 4.16. The van der Waals surface area contributed by atoms with Gasteiger partial charge in [-0.1, -0.05) is 17.7 Å². The highest BCUT2D eigenvalue weighted by atomic mass is 31.2. The highest BCUT2D eigenvalue weighted by Gasteiger charge is 2.12. The zero-order valence-corrected chi connectivity index (χ0v) is 8.66. The Kier molecular flexibility index (Phi) is 3.21. The topological polar surface area (TPSA) is 9.23 Å². The molecule has 0 fully saturated rings. The zero-order chi connectivity index (χ0) is 10.0. The van der Waals surface area contributed by atoms with Crippen molar-refractivity contribution in [2.45, 2.75) is 20.8 Å². The molecule has 0 aliphatic heterocycles.